The Hall–Kier alpha value is -3.68. The number of para-hydroxylation sites is 1. The van der Waals surface area contributed by atoms with E-state index in [-0.39, 0.29) is 16.3 Å². The molecule has 0 saturated carbocycles. The van der Waals surface area contributed by atoms with E-state index in [4.69, 9.17) is 27.9 Å². The number of amides is 1. The average molecular weight is 468 g/mol. The number of ether oxygens (including phenoxy) is 1. The molecule has 1 N–H and O–H groups in total. The number of nitrogens with zero attached hydrogens (tertiary/aromatic N) is 2. The molecule has 4 rings (SSSR count). The van der Waals surface area contributed by atoms with Crippen LogP contribution in [0, 0.1) is 0 Å². The van der Waals surface area contributed by atoms with Crippen LogP contribution in [0.15, 0.2) is 77.6 Å². The predicted molar refractivity (Wildman–Crippen MR) is 123 cm³/mol. The van der Waals surface area contributed by atoms with Crippen LogP contribution in [0.25, 0.3) is 16.5 Å². The lowest BCUT2D eigenvalue weighted by atomic mass is 10.1. The van der Waals surface area contributed by atoms with Crippen molar-refractivity contribution < 1.29 is 14.3 Å². The van der Waals surface area contributed by atoms with Gasteiger partial charge in [-0.25, -0.2) is 4.79 Å². The predicted octanol–water partition coefficient (Wildman–Crippen LogP) is 4.49. The zero-order chi connectivity index (χ0) is 22.7. The van der Waals surface area contributed by atoms with Crippen molar-refractivity contribution in [3.63, 3.8) is 0 Å². The van der Waals surface area contributed by atoms with Crippen LogP contribution in [0.3, 0.4) is 0 Å². The fourth-order valence-corrected chi connectivity index (χ4v) is 3.35. The van der Waals surface area contributed by atoms with E-state index in [1.165, 1.54) is 12.1 Å². The molecule has 1 aromatic heterocycles. The van der Waals surface area contributed by atoms with Crippen LogP contribution in [0.4, 0.5) is 5.69 Å². The summed E-state index contributed by atoms with van der Waals surface area (Å²) >= 11 is 11.8. The second-order valence-corrected chi connectivity index (χ2v) is 7.51. The minimum absolute atomic E-state index is 0.0774. The Balaban J connectivity index is 1.59. The highest BCUT2D eigenvalue weighted by Crippen LogP contribution is 2.25. The molecule has 160 valence electrons. The Kier molecular flexibility index (Phi) is 6.20. The molecule has 1 heterocycles. The average Bonchev–Trinajstić information content (AvgIpc) is 2.81. The minimum Gasteiger partial charge on any atom is -0.451 e. The molecule has 1 amide bonds. The van der Waals surface area contributed by atoms with Gasteiger partial charge < -0.3 is 10.1 Å². The van der Waals surface area contributed by atoms with Gasteiger partial charge in [0, 0.05) is 11.1 Å². The Bertz CT molecular complexity index is 1390. The zero-order valence-electron chi connectivity index (χ0n) is 16.4. The third kappa shape index (κ3) is 4.49. The van der Waals surface area contributed by atoms with E-state index in [0.29, 0.717) is 27.2 Å². The van der Waals surface area contributed by atoms with Gasteiger partial charge in [-0.1, -0.05) is 59.6 Å². The lowest BCUT2D eigenvalue weighted by molar-refractivity contribution is -0.119. The van der Waals surface area contributed by atoms with Gasteiger partial charge in [-0.05, 0) is 36.4 Å². The van der Waals surface area contributed by atoms with Crippen LogP contribution in [-0.2, 0) is 9.53 Å². The van der Waals surface area contributed by atoms with Gasteiger partial charge in [-0.2, -0.15) is 9.78 Å². The van der Waals surface area contributed by atoms with Crippen LogP contribution in [0.2, 0.25) is 10.0 Å². The maximum atomic E-state index is 12.9. The fraction of sp³-hybridized carbons (Fsp3) is 0.0435. The van der Waals surface area contributed by atoms with Crippen molar-refractivity contribution in [3.8, 4) is 5.69 Å². The summed E-state index contributed by atoms with van der Waals surface area (Å²) in [7, 11) is 0. The van der Waals surface area contributed by atoms with Gasteiger partial charge in [-0.3, -0.25) is 9.59 Å². The van der Waals surface area contributed by atoms with Crippen molar-refractivity contribution in [2.24, 2.45) is 0 Å². The largest absolute Gasteiger partial charge is 0.451 e. The minimum atomic E-state index is -0.838. The topological polar surface area (TPSA) is 90.3 Å². The Morgan fingerprint density at radius 3 is 2.31 bits per heavy atom. The summed E-state index contributed by atoms with van der Waals surface area (Å²) in [5, 5.41) is 8.05. The Labute approximate surface area is 192 Å². The highest BCUT2D eigenvalue weighted by molar-refractivity contribution is 6.42. The number of halogens is 2. The lowest BCUT2D eigenvalue weighted by Gasteiger charge is -2.11. The normalized spacial score (nSPS) is 10.7. The summed E-state index contributed by atoms with van der Waals surface area (Å²) in [6.45, 7) is -0.556. The Morgan fingerprint density at radius 2 is 1.59 bits per heavy atom. The van der Waals surface area contributed by atoms with E-state index in [9.17, 15) is 14.4 Å². The molecule has 3 aromatic carbocycles. The molecule has 0 saturated heterocycles. The molecule has 0 spiro atoms. The van der Waals surface area contributed by atoms with Crippen LogP contribution < -0.4 is 10.9 Å². The number of hydrogen-bond acceptors (Lipinski definition) is 5. The van der Waals surface area contributed by atoms with Crippen molar-refractivity contribution in [3.05, 3.63) is 98.9 Å². The van der Waals surface area contributed by atoms with Gasteiger partial charge in [-0.15, -0.1) is 0 Å². The summed E-state index contributed by atoms with van der Waals surface area (Å²) in [6.07, 6.45) is 0. The molecule has 0 atom stereocenters. The molecule has 0 radical (unpaired) electrons. The van der Waals surface area contributed by atoms with Crippen LogP contribution in [-0.4, -0.2) is 28.3 Å². The second kappa shape index (κ2) is 9.21. The molecule has 0 aliphatic carbocycles. The summed E-state index contributed by atoms with van der Waals surface area (Å²) < 4.78 is 6.30. The van der Waals surface area contributed by atoms with Gasteiger partial charge >= 0.3 is 5.97 Å². The monoisotopic (exact) mass is 467 g/mol. The van der Waals surface area contributed by atoms with E-state index in [2.05, 4.69) is 10.4 Å². The number of anilines is 1. The SMILES string of the molecule is O=C(COC(=O)c1nn(-c2ccccc2)c(=O)c2ccccc12)Nc1ccc(Cl)c(Cl)c1. The maximum absolute atomic E-state index is 12.9. The van der Waals surface area contributed by atoms with E-state index >= 15 is 0 Å². The third-order valence-electron chi connectivity index (χ3n) is 4.54. The van der Waals surface area contributed by atoms with Crippen molar-refractivity contribution in [2.75, 3.05) is 11.9 Å². The van der Waals surface area contributed by atoms with Crippen molar-refractivity contribution >= 4 is 51.5 Å². The van der Waals surface area contributed by atoms with E-state index in [1.807, 2.05) is 0 Å². The third-order valence-corrected chi connectivity index (χ3v) is 5.28. The number of aromatic nitrogens is 2. The molecule has 0 bridgehead atoms. The number of benzene rings is 3. The Morgan fingerprint density at radius 1 is 0.906 bits per heavy atom. The molecule has 0 aliphatic rings. The molecule has 9 heteroatoms. The van der Waals surface area contributed by atoms with Gasteiger partial charge in [0.1, 0.15) is 0 Å². The van der Waals surface area contributed by atoms with Gasteiger partial charge in [0.15, 0.2) is 12.3 Å². The van der Waals surface area contributed by atoms with Gasteiger partial charge in [0.05, 0.1) is 21.1 Å². The molecule has 0 aliphatic heterocycles. The zero-order valence-corrected chi connectivity index (χ0v) is 17.9. The number of carbonyl (C=O) groups excluding carboxylic acids is 2. The highest BCUT2D eigenvalue weighted by atomic mass is 35.5. The van der Waals surface area contributed by atoms with Crippen molar-refractivity contribution in [1.82, 2.24) is 9.78 Å². The molecule has 7 nitrogen and oxygen atoms in total. The number of rotatable bonds is 5. The van der Waals surface area contributed by atoms with Crippen molar-refractivity contribution in [1.29, 1.82) is 0 Å². The van der Waals surface area contributed by atoms with E-state index in [1.54, 1.807) is 60.7 Å². The summed E-state index contributed by atoms with van der Waals surface area (Å²) in [6, 6.07) is 19.9. The number of esters is 1. The first-order valence-electron chi connectivity index (χ1n) is 9.43. The van der Waals surface area contributed by atoms with Gasteiger partial charge in [0.25, 0.3) is 11.5 Å². The number of carbonyl (C=O) groups is 2. The smallest absolute Gasteiger partial charge is 0.359 e. The van der Waals surface area contributed by atoms with Crippen molar-refractivity contribution in [2.45, 2.75) is 0 Å². The first kappa shape index (κ1) is 21.5. The lowest BCUT2D eigenvalue weighted by Crippen LogP contribution is -2.26. The molecule has 4 aromatic rings. The molecule has 0 unspecified atom stereocenters. The first-order chi connectivity index (χ1) is 15.4. The molecular formula is C23H15Cl2N3O4. The van der Waals surface area contributed by atoms with Crippen LogP contribution in [0.5, 0.6) is 0 Å². The standard InChI is InChI=1S/C23H15Cl2N3O4/c24-18-11-10-14(12-19(18)25)26-20(29)13-32-23(31)21-16-8-4-5-9-17(16)22(30)28(27-21)15-6-2-1-3-7-15/h1-12H,13H2,(H,26,29). The van der Waals surface area contributed by atoms with E-state index < -0.39 is 18.5 Å². The number of hydrogen-bond donors (Lipinski definition) is 1. The van der Waals surface area contributed by atoms with Crippen LogP contribution >= 0.6 is 23.2 Å². The quantitative estimate of drug-likeness (QED) is 0.436. The summed E-state index contributed by atoms with van der Waals surface area (Å²) in [5.41, 5.74) is 0.448. The summed E-state index contributed by atoms with van der Waals surface area (Å²) in [5.74, 6) is -1.41. The van der Waals surface area contributed by atoms with E-state index in [0.717, 1.165) is 4.68 Å². The number of fused-ring (bicyclic) bond motifs is 1. The fourth-order valence-electron chi connectivity index (χ4n) is 3.05. The summed E-state index contributed by atoms with van der Waals surface area (Å²) in [4.78, 5) is 37.9. The first-order valence-corrected chi connectivity index (χ1v) is 10.2. The molecule has 32 heavy (non-hydrogen) atoms. The van der Waals surface area contributed by atoms with Gasteiger partial charge in [0.2, 0.25) is 0 Å². The number of nitrogens with one attached hydrogen (secondary N) is 1. The maximum Gasteiger partial charge on any atom is 0.359 e. The molecular weight excluding hydrogens is 453 g/mol. The second-order valence-electron chi connectivity index (χ2n) is 6.70. The van der Waals surface area contributed by atoms with Crippen LogP contribution in [0.1, 0.15) is 10.5 Å². The molecule has 0 fully saturated rings. The highest BCUT2D eigenvalue weighted by Gasteiger charge is 2.19.